The summed E-state index contributed by atoms with van der Waals surface area (Å²) in [5.41, 5.74) is 6.12. The monoisotopic (exact) mass is 292 g/mol. The predicted octanol–water partition coefficient (Wildman–Crippen LogP) is 2.38. The van der Waals surface area contributed by atoms with Gasteiger partial charge in [0.25, 0.3) is 0 Å². The third kappa shape index (κ3) is 4.83. The van der Waals surface area contributed by atoms with Gasteiger partial charge in [0.1, 0.15) is 0 Å². The Morgan fingerprint density at radius 1 is 1.33 bits per heavy atom. The fourth-order valence-electron chi connectivity index (χ4n) is 2.42. The van der Waals surface area contributed by atoms with Gasteiger partial charge in [0, 0.05) is 13.1 Å². The van der Waals surface area contributed by atoms with Gasteiger partial charge in [-0.05, 0) is 25.5 Å². The Bertz CT molecular complexity index is 436. The number of hydrogen-bond donors (Lipinski definition) is 1. The number of rotatable bonds is 8. The van der Waals surface area contributed by atoms with Gasteiger partial charge < -0.3 is 15.4 Å². The van der Waals surface area contributed by atoms with E-state index >= 15 is 0 Å². The fourth-order valence-corrected chi connectivity index (χ4v) is 2.42. The van der Waals surface area contributed by atoms with Gasteiger partial charge in [-0.3, -0.25) is 0 Å². The molecule has 2 N–H and O–H groups in total. The number of carbonyl (C=O) groups excluding carboxylic acids is 1. The lowest BCUT2D eigenvalue weighted by atomic mass is 9.90. The van der Waals surface area contributed by atoms with Crippen LogP contribution in [-0.4, -0.2) is 37.6 Å². The van der Waals surface area contributed by atoms with E-state index < -0.39 is 5.54 Å². The zero-order valence-electron chi connectivity index (χ0n) is 13.6. The van der Waals surface area contributed by atoms with E-state index in [9.17, 15) is 4.79 Å². The third-order valence-corrected chi connectivity index (χ3v) is 3.77. The normalized spacial score (nSPS) is 15.5. The second-order valence-corrected chi connectivity index (χ2v) is 5.77. The lowest BCUT2D eigenvalue weighted by Crippen LogP contribution is -2.54. The van der Waals surface area contributed by atoms with Crippen molar-refractivity contribution >= 4 is 5.97 Å². The van der Waals surface area contributed by atoms with Crippen LogP contribution in [0.25, 0.3) is 0 Å². The Morgan fingerprint density at radius 2 is 1.95 bits per heavy atom. The number of benzene rings is 1. The van der Waals surface area contributed by atoms with Gasteiger partial charge in [0.2, 0.25) is 0 Å². The van der Waals surface area contributed by atoms with E-state index in [1.807, 2.05) is 37.4 Å². The van der Waals surface area contributed by atoms with Crippen LogP contribution < -0.4 is 5.73 Å². The predicted molar refractivity (Wildman–Crippen MR) is 85.9 cm³/mol. The molecule has 118 valence electrons. The molecule has 4 heteroatoms. The largest absolute Gasteiger partial charge is 0.464 e. The molecule has 0 aliphatic carbocycles. The molecule has 2 atom stereocenters. The lowest BCUT2D eigenvalue weighted by Gasteiger charge is -2.33. The van der Waals surface area contributed by atoms with Crippen molar-refractivity contribution in [2.45, 2.75) is 32.7 Å². The summed E-state index contributed by atoms with van der Waals surface area (Å²) in [7, 11) is 2.00. The molecule has 0 heterocycles. The average molecular weight is 292 g/mol. The fraction of sp³-hybridized carbons (Fsp3) is 0.588. The summed E-state index contributed by atoms with van der Waals surface area (Å²) in [5.74, 6) is 0.199. The van der Waals surface area contributed by atoms with Gasteiger partial charge in [0.15, 0.2) is 5.54 Å². The molecule has 0 aliphatic rings. The van der Waals surface area contributed by atoms with Crippen molar-refractivity contribution in [2.75, 3.05) is 26.7 Å². The van der Waals surface area contributed by atoms with E-state index in [1.165, 1.54) is 0 Å². The first-order chi connectivity index (χ1) is 9.93. The van der Waals surface area contributed by atoms with Crippen LogP contribution in [0.4, 0.5) is 0 Å². The standard InChI is InChI=1S/C17H28N2O2/c1-5-14(3)12-19(4)13-17(18,16(20)21-6-2)15-10-8-7-9-11-15/h7-11,14H,5-6,12-13,18H2,1-4H3. The maximum absolute atomic E-state index is 12.4. The first-order valence-electron chi connectivity index (χ1n) is 7.64. The summed E-state index contributed by atoms with van der Waals surface area (Å²) in [6, 6.07) is 9.47. The molecular weight excluding hydrogens is 264 g/mol. The second kappa shape index (κ2) is 8.15. The Kier molecular flexibility index (Phi) is 6.85. The quantitative estimate of drug-likeness (QED) is 0.747. The molecule has 0 spiro atoms. The van der Waals surface area contributed by atoms with Crippen molar-refractivity contribution in [2.24, 2.45) is 11.7 Å². The number of likely N-dealkylation sites (N-methyl/N-ethyl adjacent to an activating group) is 1. The van der Waals surface area contributed by atoms with Gasteiger partial charge in [-0.1, -0.05) is 50.6 Å². The molecule has 0 aliphatic heterocycles. The van der Waals surface area contributed by atoms with Crippen LogP contribution in [0.2, 0.25) is 0 Å². The summed E-state index contributed by atoms with van der Waals surface area (Å²) in [6.45, 7) is 7.84. The van der Waals surface area contributed by atoms with Crippen LogP contribution in [0, 0.1) is 5.92 Å². The minimum absolute atomic E-state index is 0.333. The number of hydrogen-bond acceptors (Lipinski definition) is 4. The highest BCUT2D eigenvalue weighted by Gasteiger charge is 2.38. The third-order valence-electron chi connectivity index (χ3n) is 3.77. The summed E-state index contributed by atoms with van der Waals surface area (Å²) < 4.78 is 5.20. The Labute approximate surface area is 128 Å². The number of ether oxygens (including phenoxy) is 1. The molecule has 0 amide bonds. The van der Waals surface area contributed by atoms with E-state index in [4.69, 9.17) is 10.5 Å². The average Bonchev–Trinajstić information content (AvgIpc) is 2.47. The van der Waals surface area contributed by atoms with Crippen molar-refractivity contribution in [1.29, 1.82) is 0 Å². The van der Waals surface area contributed by atoms with Gasteiger partial charge in [-0.2, -0.15) is 0 Å². The van der Waals surface area contributed by atoms with Crippen LogP contribution in [0.3, 0.4) is 0 Å². The molecule has 1 aromatic carbocycles. The van der Waals surface area contributed by atoms with Crippen LogP contribution in [-0.2, 0) is 15.1 Å². The van der Waals surface area contributed by atoms with Gasteiger partial charge >= 0.3 is 5.97 Å². The maximum Gasteiger partial charge on any atom is 0.332 e. The van der Waals surface area contributed by atoms with E-state index in [-0.39, 0.29) is 5.97 Å². The molecule has 0 radical (unpaired) electrons. The highest BCUT2D eigenvalue weighted by Crippen LogP contribution is 2.22. The molecule has 0 bridgehead atoms. The van der Waals surface area contributed by atoms with Gasteiger partial charge in [-0.25, -0.2) is 4.79 Å². The number of nitrogens with zero attached hydrogens (tertiary/aromatic N) is 1. The molecule has 21 heavy (non-hydrogen) atoms. The van der Waals surface area contributed by atoms with Crippen LogP contribution in [0.1, 0.15) is 32.8 Å². The lowest BCUT2D eigenvalue weighted by molar-refractivity contribution is -0.151. The van der Waals surface area contributed by atoms with Crippen LogP contribution >= 0.6 is 0 Å². The topological polar surface area (TPSA) is 55.6 Å². The van der Waals surface area contributed by atoms with Crippen molar-refractivity contribution in [3.05, 3.63) is 35.9 Å². The summed E-state index contributed by atoms with van der Waals surface area (Å²) in [6.07, 6.45) is 1.10. The first kappa shape index (κ1) is 17.7. The molecular formula is C17H28N2O2. The van der Waals surface area contributed by atoms with Gasteiger partial charge in [-0.15, -0.1) is 0 Å². The number of nitrogens with two attached hydrogens (primary N) is 1. The van der Waals surface area contributed by atoms with E-state index in [1.54, 1.807) is 6.92 Å². The number of carbonyl (C=O) groups is 1. The van der Waals surface area contributed by atoms with Crippen molar-refractivity contribution in [3.8, 4) is 0 Å². The van der Waals surface area contributed by atoms with Gasteiger partial charge in [0.05, 0.1) is 6.61 Å². The molecule has 0 aromatic heterocycles. The Hall–Kier alpha value is -1.39. The van der Waals surface area contributed by atoms with Crippen LogP contribution in [0.5, 0.6) is 0 Å². The summed E-state index contributed by atoms with van der Waals surface area (Å²) in [5, 5.41) is 0. The molecule has 0 fully saturated rings. The smallest absolute Gasteiger partial charge is 0.332 e. The molecule has 0 saturated carbocycles. The minimum atomic E-state index is -1.13. The zero-order chi connectivity index (χ0) is 15.9. The molecule has 1 aromatic rings. The first-order valence-corrected chi connectivity index (χ1v) is 7.64. The number of esters is 1. The Balaban J connectivity index is 2.95. The van der Waals surface area contributed by atoms with E-state index in [0.29, 0.717) is 19.1 Å². The van der Waals surface area contributed by atoms with Crippen molar-refractivity contribution in [1.82, 2.24) is 4.90 Å². The zero-order valence-corrected chi connectivity index (χ0v) is 13.6. The minimum Gasteiger partial charge on any atom is -0.464 e. The summed E-state index contributed by atoms with van der Waals surface area (Å²) >= 11 is 0. The summed E-state index contributed by atoms with van der Waals surface area (Å²) in [4.78, 5) is 14.5. The molecule has 4 nitrogen and oxygen atoms in total. The van der Waals surface area contributed by atoms with Crippen molar-refractivity contribution in [3.63, 3.8) is 0 Å². The molecule has 0 saturated heterocycles. The van der Waals surface area contributed by atoms with Crippen molar-refractivity contribution < 1.29 is 9.53 Å². The highest BCUT2D eigenvalue weighted by atomic mass is 16.5. The highest BCUT2D eigenvalue weighted by molar-refractivity contribution is 5.82. The Morgan fingerprint density at radius 3 is 2.48 bits per heavy atom. The molecule has 1 rings (SSSR count). The second-order valence-electron chi connectivity index (χ2n) is 5.77. The van der Waals surface area contributed by atoms with Crippen LogP contribution in [0.15, 0.2) is 30.3 Å². The van der Waals surface area contributed by atoms with E-state index in [0.717, 1.165) is 18.5 Å². The SMILES string of the molecule is CCOC(=O)C(N)(CN(C)CC(C)CC)c1ccccc1. The van der Waals surface area contributed by atoms with E-state index in [2.05, 4.69) is 18.7 Å². The molecule has 2 unspecified atom stereocenters. The maximum atomic E-state index is 12.4.